The first kappa shape index (κ1) is 14.4. The number of fused-ring (bicyclic) bond motifs is 1. The second kappa shape index (κ2) is 5.16. The molecule has 0 radical (unpaired) electrons. The Morgan fingerprint density at radius 2 is 1.94 bits per heavy atom. The van der Waals surface area contributed by atoms with Crippen molar-refractivity contribution in [3.63, 3.8) is 0 Å². The third-order valence-corrected chi connectivity index (χ3v) is 3.92. The predicted octanol–water partition coefficient (Wildman–Crippen LogP) is 4.26. The number of rotatable bonds is 1. The van der Waals surface area contributed by atoms with Gasteiger partial charge in [-0.15, -0.1) is 0 Å². The molecule has 0 aromatic carbocycles. The molecule has 0 N–H and O–H groups in total. The maximum atomic E-state index is 12.2. The molecule has 0 aromatic heterocycles. The summed E-state index contributed by atoms with van der Waals surface area (Å²) in [6, 6.07) is 0.136. The Morgan fingerprint density at radius 3 is 2.50 bits per heavy atom. The van der Waals surface area contributed by atoms with Gasteiger partial charge in [-0.3, -0.25) is 0 Å². The highest BCUT2D eigenvalue weighted by Crippen LogP contribution is 2.47. The Bertz CT molecular complexity index is 372. The van der Waals surface area contributed by atoms with E-state index in [1.807, 2.05) is 31.7 Å². The molecule has 18 heavy (non-hydrogen) atoms. The molecule has 102 valence electrons. The van der Waals surface area contributed by atoms with Gasteiger partial charge in [-0.25, -0.2) is 4.79 Å². The van der Waals surface area contributed by atoms with Crippen molar-refractivity contribution < 1.29 is 9.53 Å². The standard InChI is InChI=1S/C13H19Br2NO2/c1-13(2,3)18-12(17)16-7-9-4-8(9)5-10(16)6-11(14)15/h6,8-10H,4-5,7H2,1-3H3/t8-,9+,10+/m1/s1. The molecule has 1 aliphatic carbocycles. The van der Waals surface area contributed by atoms with Crippen LogP contribution in [-0.2, 0) is 4.74 Å². The van der Waals surface area contributed by atoms with Crippen LogP contribution in [0.4, 0.5) is 4.79 Å². The van der Waals surface area contributed by atoms with Gasteiger partial charge in [0.05, 0.1) is 9.43 Å². The molecule has 0 bridgehead atoms. The third-order valence-electron chi connectivity index (χ3n) is 3.39. The molecule has 5 heteroatoms. The lowest BCUT2D eigenvalue weighted by molar-refractivity contribution is 0.0139. The Kier molecular flexibility index (Phi) is 4.12. The molecule has 1 amide bonds. The second-order valence-corrected chi connectivity index (χ2v) is 8.92. The number of likely N-dealkylation sites (tertiary alicyclic amines) is 1. The molecule has 1 aliphatic heterocycles. The molecule has 1 saturated heterocycles. The van der Waals surface area contributed by atoms with Crippen molar-refractivity contribution in [2.45, 2.75) is 45.3 Å². The molecular weight excluding hydrogens is 362 g/mol. The largest absolute Gasteiger partial charge is 0.444 e. The van der Waals surface area contributed by atoms with Gasteiger partial charge in [0.15, 0.2) is 0 Å². The minimum atomic E-state index is -0.433. The van der Waals surface area contributed by atoms with E-state index in [1.165, 1.54) is 6.42 Å². The van der Waals surface area contributed by atoms with E-state index >= 15 is 0 Å². The van der Waals surface area contributed by atoms with E-state index in [-0.39, 0.29) is 12.1 Å². The highest BCUT2D eigenvalue weighted by atomic mass is 79.9. The van der Waals surface area contributed by atoms with Gasteiger partial charge < -0.3 is 9.64 Å². The van der Waals surface area contributed by atoms with Crippen molar-refractivity contribution in [3.8, 4) is 0 Å². The summed E-state index contributed by atoms with van der Waals surface area (Å²) in [7, 11) is 0. The first-order chi connectivity index (χ1) is 8.26. The van der Waals surface area contributed by atoms with Gasteiger partial charge in [-0.05, 0) is 83.4 Å². The fourth-order valence-electron chi connectivity index (χ4n) is 2.48. The van der Waals surface area contributed by atoms with Crippen LogP contribution < -0.4 is 0 Å². The fourth-order valence-corrected chi connectivity index (χ4v) is 3.09. The monoisotopic (exact) mass is 379 g/mol. The van der Waals surface area contributed by atoms with Crippen LogP contribution in [0.5, 0.6) is 0 Å². The van der Waals surface area contributed by atoms with Crippen LogP contribution in [0.3, 0.4) is 0 Å². The quantitative estimate of drug-likeness (QED) is 0.680. The number of ether oxygens (including phenoxy) is 1. The molecule has 2 fully saturated rings. The summed E-state index contributed by atoms with van der Waals surface area (Å²) in [5.74, 6) is 1.49. The zero-order valence-electron chi connectivity index (χ0n) is 11.0. The number of piperidine rings is 1. The van der Waals surface area contributed by atoms with Gasteiger partial charge in [0.1, 0.15) is 5.60 Å². The zero-order valence-corrected chi connectivity index (χ0v) is 14.1. The molecule has 2 rings (SSSR count). The van der Waals surface area contributed by atoms with Crippen molar-refractivity contribution in [1.82, 2.24) is 4.90 Å². The highest BCUT2D eigenvalue weighted by Gasteiger charge is 2.47. The molecule has 1 saturated carbocycles. The molecule has 2 aliphatic rings. The summed E-state index contributed by atoms with van der Waals surface area (Å²) in [5, 5.41) is 0. The number of carbonyl (C=O) groups is 1. The fraction of sp³-hybridized carbons (Fsp3) is 0.769. The number of amides is 1. The molecule has 3 atom stereocenters. The second-order valence-electron chi connectivity index (χ2n) is 6.15. The van der Waals surface area contributed by atoms with Crippen molar-refractivity contribution in [3.05, 3.63) is 9.47 Å². The highest BCUT2D eigenvalue weighted by molar-refractivity contribution is 9.28. The van der Waals surface area contributed by atoms with Crippen LogP contribution in [0.1, 0.15) is 33.6 Å². The summed E-state index contributed by atoms with van der Waals surface area (Å²) in [4.78, 5) is 14.1. The summed E-state index contributed by atoms with van der Waals surface area (Å²) in [6.07, 6.45) is 4.14. The van der Waals surface area contributed by atoms with E-state index in [1.54, 1.807) is 0 Å². The van der Waals surface area contributed by atoms with Crippen molar-refractivity contribution in [2.24, 2.45) is 11.8 Å². The lowest BCUT2D eigenvalue weighted by atomic mass is 10.0. The van der Waals surface area contributed by atoms with Gasteiger partial charge in [-0.1, -0.05) is 0 Å². The van der Waals surface area contributed by atoms with Crippen molar-refractivity contribution in [1.29, 1.82) is 0 Å². The van der Waals surface area contributed by atoms with Crippen LogP contribution >= 0.6 is 31.9 Å². The topological polar surface area (TPSA) is 29.5 Å². The molecule has 0 aromatic rings. The average molecular weight is 381 g/mol. The first-order valence-corrected chi connectivity index (χ1v) is 7.87. The van der Waals surface area contributed by atoms with E-state index in [9.17, 15) is 4.79 Å². The third kappa shape index (κ3) is 3.73. The Balaban J connectivity index is 2.07. The predicted molar refractivity (Wildman–Crippen MR) is 78.9 cm³/mol. The SMILES string of the molecule is CC(C)(C)OC(=O)N1C[C@@H]2C[C@@H]2C[C@H]1C=C(Br)Br. The van der Waals surface area contributed by atoms with Gasteiger partial charge in [-0.2, -0.15) is 0 Å². The minimum Gasteiger partial charge on any atom is -0.444 e. The van der Waals surface area contributed by atoms with E-state index < -0.39 is 5.60 Å². The van der Waals surface area contributed by atoms with Crippen LogP contribution in [0.15, 0.2) is 9.47 Å². The summed E-state index contributed by atoms with van der Waals surface area (Å²) < 4.78 is 6.38. The lowest BCUT2D eigenvalue weighted by Gasteiger charge is -2.35. The van der Waals surface area contributed by atoms with Crippen LogP contribution in [0.25, 0.3) is 0 Å². The van der Waals surface area contributed by atoms with Crippen molar-refractivity contribution >= 4 is 38.0 Å². The van der Waals surface area contributed by atoms with Gasteiger partial charge in [0.25, 0.3) is 0 Å². The molecule has 0 spiro atoms. The number of halogens is 2. The average Bonchev–Trinajstić information content (AvgIpc) is 2.90. The Morgan fingerprint density at radius 1 is 1.28 bits per heavy atom. The number of hydrogen-bond donors (Lipinski definition) is 0. The maximum Gasteiger partial charge on any atom is 0.410 e. The number of nitrogens with zero attached hydrogens (tertiary/aromatic N) is 1. The van der Waals surface area contributed by atoms with Crippen molar-refractivity contribution in [2.75, 3.05) is 6.54 Å². The maximum absolute atomic E-state index is 12.2. The normalized spacial score (nSPS) is 30.5. The van der Waals surface area contributed by atoms with Gasteiger partial charge >= 0.3 is 6.09 Å². The number of carbonyl (C=O) groups excluding carboxylic acids is 1. The van der Waals surface area contributed by atoms with Crippen LogP contribution in [0, 0.1) is 11.8 Å². The lowest BCUT2D eigenvalue weighted by Crippen LogP contribution is -2.46. The zero-order chi connectivity index (χ0) is 13.5. The molecule has 1 heterocycles. The summed E-state index contributed by atoms with van der Waals surface area (Å²) in [5.41, 5.74) is -0.433. The van der Waals surface area contributed by atoms with Gasteiger partial charge in [0, 0.05) is 6.54 Å². The Labute approximate surface area is 125 Å². The molecular formula is C13H19Br2NO2. The Hall–Kier alpha value is -0.0300. The number of hydrogen-bond acceptors (Lipinski definition) is 2. The minimum absolute atomic E-state index is 0.136. The van der Waals surface area contributed by atoms with Crippen LogP contribution in [-0.4, -0.2) is 29.2 Å². The molecule has 3 nitrogen and oxygen atoms in total. The summed E-state index contributed by atoms with van der Waals surface area (Å²) >= 11 is 6.76. The van der Waals surface area contributed by atoms with Crippen LogP contribution in [0.2, 0.25) is 0 Å². The first-order valence-electron chi connectivity index (χ1n) is 6.28. The van der Waals surface area contributed by atoms with Gasteiger partial charge in [0.2, 0.25) is 0 Å². The van der Waals surface area contributed by atoms with E-state index in [2.05, 4.69) is 31.9 Å². The van der Waals surface area contributed by atoms with E-state index in [4.69, 9.17) is 4.74 Å². The smallest absolute Gasteiger partial charge is 0.410 e. The summed E-state index contributed by atoms with van der Waals surface area (Å²) in [6.45, 7) is 6.54. The van der Waals surface area contributed by atoms with E-state index in [0.29, 0.717) is 5.92 Å². The molecule has 0 unspecified atom stereocenters. The van der Waals surface area contributed by atoms with E-state index in [0.717, 1.165) is 22.3 Å².